The zero-order valence-electron chi connectivity index (χ0n) is 17.6. The van der Waals surface area contributed by atoms with E-state index in [1.165, 1.54) is 31.0 Å². The van der Waals surface area contributed by atoms with Gasteiger partial charge in [0, 0.05) is 23.0 Å². The summed E-state index contributed by atoms with van der Waals surface area (Å²) in [5, 5.41) is 2.47. The Morgan fingerprint density at radius 1 is 1.06 bits per heavy atom. The van der Waals surface area contributed by atoms with Crippen LogP contribution < -0.4 is 4.90 Å². The lowest BCUT2D eigenvalue weighted by atomic mass is 9.94. The maximum Gasteiger partial charge on any atom is 0.269 e. The van der Waals surface area contributed by atoms with E-state index in [0.717, 1.165) is 49.8 Å². The first-order valence-electron chi connectivity index (χ1n) is 10.6. The van der Waals surface area contributed by atoms with E-state index >= 15 is 0 Å². The molecule has 2 aromatic carbocycles. The number of halogens is 1. The lowest BCUT2D eigenvalue weighted by Crippen LogP contribution is -2.40. The van der Waals surface area contributed by atoms with Crippen molar-refractivity contribution in [3.8, 4) is 0 Å². The molecule has 1 saturated heterocycles. The fourth-order valence-electron chi connectivity index (χ4n) is 4.36. The van der Waals surface area contributed by atoms with Gasteiger partial charge in [-0.05, 0) is 61.4 Å². The van der Waals surface area contributed by atoms with Gasteiger partial charge in [0.2, 0.25) is 0 Å². The van der Waals surface area contributed by atoms with Crippen LogP contribution in [0.5, 0.6) is 0 Å². The number of para-hydroxylation sites is 1. The van der Waals surface area contributed by atoms with Crippen molar-refractivity contribution in [2.24, 2.45) is 4.99 Å². The molecule has 2 aromatic rings. The Balaban J connectivity index is 1.57. The lowest BCUT2D eigenvalue weighted by molar-refractivity contribution is -0.124. The molecule has 4 nitrogen and oxygen atoms in total. The van der Waals surface area contributed by atoms with Gasteiger partial charge in [0.25, 0.3) is 5.91 Å². The molecule has 1 aliphatic carbocycles. The summed E-state index contributed by atoms with van der Waals surface area (Å²) >= 11 is 9.37. The van der Waals surface area contributed by atoms with Crippen LogP contribution in [-0.4, -0.2) is 29.1 Å². The standard InChI is InChI=1S/C24H24ClN3OS2/c1-15-8-6-7-11-18(15)26-24-28(17-9-4-3-5-10-17)22(29)21(31-24)23-27(2)19-14-16(25)12-13-20(19)30-23/h6-8,11-14,17H,3-5,9-10H2,1-2H3. The highest BCUT2D eigenvalue weighted by molar-refractivity contribution is 8.19. The zero-order valence-corrected chi connectivity index (χ0v) is 20.0. The van der Waals surface area contributed by atoms with Gasteiger partial charge in [-0.15, -0.1) is 0 Å². The van der Waals surface area contributed by atoms with E-state index in [4.69, 9.17) is 16.6 Å². The van der Waals surface area contributed by atoms with Gasteiger partial charge in [-0.25, -0.2) is 4.99 Å². The molecule has 0 N–H and O–H groups in total. The Morgan fingerprint density at radius 3 is 2.61 bits per heavy atom. The van der Waals surface area contributed by atoms with Gasteiger partial charge in [0.15, 0.2) is 5.17 Å². The summed E-state index contributed by atoms with van der Waals surface area (Å²) in [5.41, 5.74) is 3.08. The fraction of sp³-hybridized carbons (Fsp3) is 0.333. The average molecular weight is 470 g/mol. The van der Waals surface area contributed by atoms with Crippen molar-refractivity contribution in [3.05, 3.63) is 63.0 Å². The summed E-state index contributed by atoms with van der Waals surface area (Å²) in [5.74, 6) is 0.0810. The number of nitrogens with zero attached hydrogens (tertiary/aromatic N) is 3. The zero-order chi connectivity index (χ0) is 21.5. The molecule has 0 aromatic heterocycles. The number of amides is 1. The van der Waals surface area contributed by atoms with E-state index in [9.17, 15) is 4.79 Å². The number of hydrogen-bond acceptors (Lipinski definition) is 5. The fourth-order valence-corrected chi connectivity index (χ4v) is 6.91. The van der Waals surface area contributed by atoms with Crippen molar-refractivity contribution in [2.75, 3.05) is 11.9 Å². The summed E-state index contributed by atoms with van der Waals surface area (Å²) in [6, 6.07) is 14.2. The van der Waals surface area contributed by atoms with Crippen LogP contribution in [-0.2, 0) is 4.79 Å². The summed E-state index contributed by atoms with van der Waals surface area (Å²) in [7, 11) is 2.01. The van der Waals surface area contributed by atoms with Crippen LogP contribution in [0.3, 0.4) is 0 Å². The number of aliphatic imine (C=N–C) groups is 1. The largest absolute Gasteiger partial charge is 0.337 e. The van der Waals surface area contributed by atoms with Crippen LogP contribution in [0, 0.1) is 6.92 Å². The molecule has 0 bridgehead atoms. The molecular weight excluding hydrogens is 446 g/mol. The summed E-state index contributed by atoms with van der Waals surface area (Å²) in [4.78, 5) is 24.7. The summed E-state index contributed by atoms with van der Waals surface area (Å²) in [6.45, 7) is 2.06. The van der Waals surface area contributed by atoms with Gasteiger partial charge in [-0.3, -0.25) is 9.69 Å². The number of carbonyl (C=O) groups excluding carboxylic acids is 1. The normalized spacial score (nSPS) is 23.2. The molecule has 2 heterocycles. The van der Waals surface area contributed by atoms with Crippen LogP contribution in [0.1, 0.15) is 37.7 Å². The first-order valence-corrected chi connectivity index (χ1v) is 12.6. The highest BCUT2D eigenvalue weighted by Crippen LogP contribution is 2.51. The van der Waals surface area contributed by atoms with Crippen LogP contribution in [0.4, 0.5) is 11.4 Å². The van der Waals surface area contributed by atoms with E-state index in [-0.39, 0.29) is 11.9 Å². The van der Waals surface area contributed by atoms with Gasteiger partial charge in [0.05, 0.1) is 16.4 Å². The maximum absolute atomic E-state index is 13.7. The van der Waals surface area contributed by atoms with E-state index < -0.39 is 0 Å². The lowest BCUT2D eigenvalue weighted by Gasteiger charge is -2.30. The third kappa shape index (κ3) is 3.90. The predicted molar refractivity (Wildman–Crippen MR) is 132 cm³/mol. The van der Waals surface area contributed by atoms with Crippen molar-refractivity contribution in [1.82, 2.24) is 4.90 Å². The molecular formula is C24H24ClN3OS2. The highest BCUT2D eigenvalue weighted by Gasteiger charge is 2.42. The molecule has 31 heavy (non-hydrogen) atoms. The number of carbonyl (C=O) groups is 1. The first kappa shape index (κ1) is 21.0. The van der Waals surface area contributed by atoms with Crippen molar-refractivity contribution < 1.29 is 4.79 Å². The second-order valence-electron chi connectivity index (χ2n) is 8.16. The second-order valence-corrected chi connectivity index (χ2v) is 10.6. The van der Waals surface area contributed by atoms with Gasteiger partial charge >= 0.3 is 0 Å². The molecule has 1 saturated carbocycles. The highest BCUT2D eigenvalue weighted by atomic mass is 35.5. The number of hydrogen-bond donors (Lipinski definition) is 0. The number of rotatable bonds is 2. The maximum atomic E-state index is 13.7. The summed E-state index contributed by atoms with van der Waals surface area (Å²) in [6.07, 6.45) is 5.67. The number of benzene rings is 2. The Morgan fingerprint density at radius 2 is 1.84 bits per heavy atom. The van der Waals surface area contributed by atoms with Crippen LogP contribution in [0.25, 0.3) is 0 Å². The Labute approximate surface area is 196 Å². The number of fused-ring (bicyclic) bond motifs is 1. The monoisotopic (exact) mass is 469 g/mol. The first-order chi connectivity index (χ1) is 15.0. The van der Waals surface area contributed by atoms with E-state index in [1.54, 1.807) is 11.8 Å². The smallest absolute Gasteiger partial charge is 0.269 e. The molecule has 160 valence electrons. The molecule has 7 heteroatoms. The Bertz CT molecular complexity index is 1110. The van der Waals surface area contributed by atoms with E-state index in [2.05, 4.69) is 17.9 Å². The molecule has 2 aliphatic heterocycles. The van der Waals surface area contributed by atoms with Crippen LogP contribution in [0.2, 0.25) is 5.02 Å². The van der Waals surface area contributed by atoms with Gasteiger partial charge in [0.1, 0.15) is 4.91 Å². The minimum Gasteiger partial charge on any atom is -0.337 e. The number of thioether (sulfide) groups is 2. The minimum atomic E-state index is 0.0810. The SMILES string of the molecule is Cc1ccccc1N=C1SC(=C2Sc3ccc(Cl)cc3N2C)C(=O)N1C1CCCCC1. The molecule has 5 rings (SSSR count). The quantitative estimate of drug-likeness (QED) is 0.445. The minimum absolute atomic E-state index is 0.0810. The molecule has 1 amide bonds. The Hall–Kier alpha value is -1.89. The van der Waals surface area contributed by atoms with Crippen molar-refractivity contribution in [1.29, 1.82) is 0 Å². The van der Waals surface area contributed by atoms with Gasteiger partial charge in [-0.2, -0.15) is 0 Å². The van der Waals surface area contributed by atoms with Gasteiger partial charge in [-0.1, -0.05) is 60.8 Å². The van der Waals surface area contributed by atoms with Gasteiger partial charge < -0.3 is 4.90 Å². The second kappa shape index (κ2) is 8.57. The van der Waals surface area contributed by atoms with Crippen LogP contribution in [0.15, 0.2) is 62.3 Å². The van der Waals surface area contributed by atoms with Crippen molar-refractivity contribution in [3.63, 3.8) is 0 Å². The molecule has 2 fully saturated rings. The number of anilines is 1. The van der Waals surface area contributed by atoms with E-state index in [1.807, 2.05) is 48.3 Å². The van der Waals surface area contributed by atoms with Crippen molar-refractivity contribution in [2.45, 2.75) is 50.0 Å². The third-order valence-corrected chi connectivity index (χ3v) is 8.72. The molecule has 0 spiro atoms. The van der Waals surface area contributed by atoms with Crippen LogP contribution >= 0.6 is 35.1 Å². The molecule has 0 atom stereocenters. The molecule has 0 unspecified atom stereocenters. The molecule has 0 radical (unpaired) electrons. The number of aryl methyl sites for hydroxylation is 1. The topological polar surface area (TPSA) is 35.9 Å². The molecule has 3 aliphatic rings. The average Bonchev–Trinajstić information content (AvgIpc) is 3.26. The van der Waals surface area contributed by atoms with Crippen molar-refractivity contribution >= 4 is 57.6 Å². The third-order valence-electron chi connectivity index (χ3n) is 6.07. The Kier molecular flexibility index (Phi) is 5.80. The number of amidine groups is 1. The van der Waals surface area contributed by atoms with E-state index in [0.29, 0.717) is 5.02 Å². The summed E-state index contributed by atoms with van der Waals surface area (Å²) < 4.78 is 0. The predicted octanol–water partition coefficient (Wildman–Crippen LogP) is 6.96.